The monoisotopic (exact) mass is 251 g/mol. The lowest BCUT2D eigenvalue weighted by molar-refractivity contribution is -0.141. The number of aromatic nitrogens is 2. The molecule has 1 aromatic heterocycles. The van der Waals surface area contributed by atoms with Crippen molar-refractivity contribution in [1.82, 2.24) is 9.97 Å². The summed E-state index contributed by atoms with van der Waals surface area (Å²) < 4.78 is 4.91. The van der Waals surface area contributed by atoms with Crippen molar-refractivity contribution in [2.24, 2.45) is 0 Å². The van der Waals surface area contributed by atoms with Crippen molar-refractivity contribution in [2.45, 2.75) is 33.6 Å². The second-order valence-electron chi connectivity index (χ2n) is 4.02. The summed E-state index contributed by atoms with van der Waals surface area (Å²) >= 11 is 0. The molecule has 0 spiro atoms. The van der Waals surface area contributed by atoms with Crippen LogP contribution in [0, 0.1) is 0 Å². The molecule has 1 rings (SSSR count). The van der Waals surface area contributed by atoms with Crippen molar-refractivity contribution in [1.29, 1.82) is 0 Å². The number of esters is 1. The number of likely N-dealkylation sites (N-methyl/N-ethyl adjacent to an activating group) is 1. The Kier molecular flexibility index (Phi) is 5.55. The minimum absolute atomic E-state index is 0.171. The Balaban J connectivity index is 2.83. The van der Waals surface area contributed by atoms with Crippen LogP contribution in [0.2, 0.25) is 0 Å². The number of hydrogen-bond donors (Lipinski definition) is 0. The SMILES string of the molecule is CCOC(=O)CN(C)c1nc(CC)cc(CC)n1. The van der Waals surface area contributed by atoms with E-state index in [4.69, 9.17) is 4.74 Å². The minimum Gasteiger partial charge on any atom is -0.465 e. The highest BCUT2D eigenvalue weighted by molar-refractivity contribution is 5.74. The van der Waals surface area contributed by atoms with Gasteiger partial charge >= 0.3 is 5.97 Å². The molecule has 0 amide bonds. The Bertz CT molecular complexity index is 385. The van der Waals surface area contributed by atoms with Crippen LogP contribution in [0.1, 0.15) is 32.2 Å². The van der Waals surface area contributed by atoms with E-state index in [1.165, 1.54) is 0 Å². The summed E-state index contributed by atoms with van der Waals surface area (Å²) in [5.74, 6) is 0.322. The molecule has 5 nitrogen and oxygen atoms in total. The molecule has 0 atom stereocenters. The number of carbonyl (C=O) groups excluding carboxylic acids is 1. The van der Waals surface area contributed by atoms with Crippen molar-refractivity contribution >= 4 is 11.9 Å². The van der Waals surface area contributed by atoms with Crippen molar-refractivity contribution in [2.75, 3.05) is 25.1 Å². The lowest BCUT2D eigenvalue weighted by Crippen LogP contribution is -2.29. The van der Waals surface area contributed by atoms with Crippen LogP contribution in [0.3, 0.4) is 0 Å². The van der Waals surface area contributed by atoms with E-state index in [1.807, 2.05) is 6.07 Å². The van der Waals surface area contributed by atoms with Crippen LogP contribution in [0.5, 0.6) is 0 Å². The van der Waals surface area contributed by atoms with Gasteiger partial charge in [-0.05, 0) is 25.8 Å². The fourth-order valence-electron chi connectivity index (χ4n) is 1.54. The van der Waals surface area contributed by atoms with E-state index in [-0.39, 0.29) is 12.5 Å². The maximum absolute atomic E-state index is 11.4. The van der Waals surface area contributed by atoms with Gasteiger partial charge in [0, 0.05) is 18.4 Å². The number of anilines is 1. The Hall–Kier alpha value is -1.65. The minimum atomic E-state index is -0.261. The first-order valence-electron chi connectivity index (χ1n) is 6.34. The second-order valence-corrected chi connectivity index (χ2v) is 4.02. The molecule has 0 aliphatic heterocycles. The van der Waals surface area contributed by atoms with Gasteiger partial charge in [-0.3, -0.25) is 4.79 Å². The number of nitrogens with zero attached hydrogens (tertiary/aromatic N) is 3. The van der Waals surface area contributed by atoms with Crippen molar-refractivity contribution in [3.05, 3.63) is 17.5 Å². The lowest BCUT2D eigenvalue weighted by Gasteiger charge is -2.17. The van der Waals surface area contributed by atoms with Crippen LogP contribution in [-0.2, 0) is 22.4 Å². The van der Waals surface area contributed by atoms with Gasteiger partial charge in [0.25, 0.3) is 0 Å². The number of hydrogen-bond acceptors (Lipinski definition) is 5. The largest absolute Gasteiger partial charge is 0.465 e. The van der Waals surface area contributed by atoms with Gasteiger partial charge in [-0.25, -0.2) is 9.97 Å². The summed E-state index contributed by atoms with van der Waals surface area (Å²) in [4.78, 5) is 22.0. The normalized spacial score (nSPS) is 10.2. The van der Waals surface area contributed by atoms with Crippen molar-refractivity contribution in [3.63, 3.8) is 0 Å². The van der Waals surface area contributed by atoms with E-state index < -0.39 is 0 Å². The molecule has 0 bridgehead atoms. The molecule has 1 heterocycles. The van der Waals surface area contributed by atoms with Gasteiger partial charge in [0.1, 0.15) is 6.54 Å². The number of carbonyl (C=O) groups is 1. The lowest BCUT2D eigenvalue weighted by atomic mass is 10.2. The van der Waals surface area contributed by atoms with Crippen LogP contribution in [0.4, 0.5) is 5.95 Å². The number of rotatable bonds is 6. The highest BCUT2D eigenvalue weighted by Crippen LogP contribution is 2.10. The summed E-state index contributed by atoms with van der Waals surface area (Å²) in [5, 5.41) is 0. The summed E-state index contributed by atoms with van der Waals surface area (Å²) in [6, 6.07) is 2.00. The van der Waals surface area contributed by atoms with Crippen molar-refractivity contribution < 1.29 is 9.53 Å². The van der Waals surface area contributed by atoms with Gasteiger partial charge in [-0.2, -0.15) is 0 Å². The van der Waals surface area contributed by atoms with Crippen molar-refractivity contribution in [3.8, 4) is 0 Å². The van der Waals surface area contributed by atoms with Crippen LogP contribution >= 0.6 is 0 Å². The highest BCUT2D eigenvalue weighted by Gasteiger charge is 2.12. The van der Waals surface area contributed by atoms with Gasteiger partial charge in [-0.1, -0.05) is 13.8 Å². The molecule has 0 N–H and O–H groups in total. The fourth-order valence-corrected chi connectivity index (χ4v) is 1.54. The van der Waals surface area contributed by atoms with Crippen LogP contribution in [-0.4, -0.2) is 36.1 Å². The van der Waals surface area contributed by atoms with E-state index >= 15 is 0 Å². The first-order chi connectivity index (χ1) is 8.60. The first-order valence-corrected chi connectivity index (χ1v) is 6.34. The maximum Gasteiger partial charge on any atom is 0.325 e. The van der Waals surface area contributed by atoms with Gasteiger partial charge in [0.15, 0.2) is 0 Å². The molecule has 1 aromatic rings. The second kappa shape index (κ2) is 6.93. The van der Waals surface area contributed by atoms with Gasteiger partial charge in [-0.15, -0.1) is 0 Å². The Morgan fingerprint density at radius 3 is 2.22 bits per heavy atom. The molecule has 0 saturated heterocycles. The summed E-state index contributed by atoms with van der Waals surface area (Å²) in [7, 11) is 1.80. The zero-order valence-corrected chi connectivity index (χ0v) is 11.6. The molecular formula is C13H21N3O2. The zero-order valence-electron chi connectivity index (χ0n) is 11.6. The molecule has 0 aliphatic carbocycles. The molecule has 5 heteroatoms. The molecule has 0 fully saturated rings. The predicted octanol–water partition coefficient (Wildman–Crippen LogP) is 1.60. The van der Waals surface area contributed by atoms with Crippen LogP contribution < -0.4 is 4.90 Å². The Morgan fingerprint density at radius 1 is 1.22 bits per heavy atom. The smallest absolute Gasteiger partial charge is 0.325 e. The Labute approximate surface area is 108 Å². The van der Waals surface area contributed by atoms with Gasteiger partial charge in [0.05, 0.1) is 6.61 Å². The van der Waals surface area contributed by atoms with Gasteiger partial charge in [0.2, 0.25) is 5.95 Å². The van der Waals surface area contributed by atoms with E-state index in [0.717, 1.165) is 24.2 Å². The number of ether oxygens (including phenoxy) is 1. The van der Waals surface area contributed by atoms with E-state index in [9.17, 15) is 4.79 Å². The predicted molar refractivity (Wildman–Crippen MR) is 70.7 cm³/mol. The third-order valence-electron chi connectivity index (χ3n) is 2.56. The van der Waals surface area contributed by atoms with Gasteiger partial charge < -0.3 is 9.64 Å². The molecule has 0 saturated carbocycles. The molecule has 0 unspecified atom stereocenters. The van der Waals surface area contributed by atoms with E-state index in [0.29, 0.717) is 12.6 Å². The maximum atomic E-state index is 11.4. The first kappa shape index (κ1) is 14.4. The molecule has 18 heavy (non-hydrogen) atoms. The highest BCUT2D eigenvalue weighted by atomic mass is 16.5. The molecular weight excluding hydrogens is 230 g/mol. The standard InChI is InChI=1S/C13H21N3O2/c1-5-10-8-11(6-2)15-13(14-10)16(4)9-12(17)18-7-3/h8H,5-7,9H2,1-4H3. The summed E-state index contributed by atoms with van der Waals surface area (Å²) in [5.41, 5.74) is 1.99. The third kappa shape index (κ3) is 3.98. The molecule has 0 aliphatic rings. The number of aryl methyl sites for hydroxylation is 2. The summed E-state index contributed by atoms with van der Waals surface area (Å²) in [6.45, 7) is 6.46. The third-order valence-corrected chi connectivity index (χ3v) is 2.56. The van der Waals surface area contributed by atoms with E-state index in [2.05, 4.69) is 23.8 Å². The summed E-state index contributed by atoms with van der Waals surface area (Å²) in [6.07, 6.45) is 1.71. The molecule has 0 aromatic carbocycles. The average molecular weight is 251 g/mol. The van der Waals surface area contributed by atoms with Crippen LogP contribution in [0.25, 0.3) is 0 Å². The van der Waals surface area contributed by atoms with Crippen LogP contribution in [0.15, 0.2) is 6.07 Å². The molecule has 0 radical (unpaired) electrons. The quantitative estimate of drug-likeness (QED) is 0.719. The fraction of sp³-hybridized carbons (Fsp3) is 0.615. The topological polar surface area (TPSA) is 55.3 Å². The molecule has 100 valence electrons. The Morgan fingerprint density at radius 2 is 1.78 bits per heavy atom. The average Bonchev–Trinajstić information content (AvgIpc) is 2.38. The van der Waals surface area contributed by atoms with E-state index in [1.54, 1.807) is 18.9 Å². The zero-order chi connectivity index (χ0) is 13.5.